The van der Waals surface area contributed by atoms with Gasteiger partial charge in [-0.05, 0) is 55.8 Å². The van der Waals surface area contributed by atoms with Crippen LogP contribution in [0.4, 0.5) is 26.3 Å². The summed E-state index contributed by atoms with van der Waals surface area (Å²) in [7, 11) is 0. The zero-order valence-corrected chi connectivity index (χ0v) is 17.8. The Morgan fingerprint density at radius 1 is 0.970 bits per heavy atom. The Balaban J connectivity index is 1.62. The number of aliphatic hydroxyl groups is 1. The molecule has 0 radical (unpaired) electrons. The summed E-state index contributed by atoms with van der Waals surface area (Å²) in [4.78, 5) is 23.8. The highest BCUT2D eigenvalue weighted by Gasteiger charge is 2.79. The fraction of sp³-hybridized carbons (Fsp3) is 0.889. The van der Waals surface area contributed by atoms with Gasteiger partial charge in [0.15, 0.2) is 6.61 Å². The van der Waals surface area contributed by atoms with Crippen LogP contribution >= 0.6 is 12.0 Å². The van der Waals surface area contributed by atoms with Gasteiger partial charge in [-0.15, -0.1) is 0 Å². The molecule has 4 fully saturated rings. The van der Waals surface area contributed by atoms with E-state index in [1.165, 1.54) is 0 Å². The van der Waals surface area contributed by atoms with Crippen molar-refractivity contribution in [3.63, 3.8) is 0 Å². The van der Waals surface area contributed by atoms with Crippen LogP contribution in [0.5, 0.6) is 0 Å². The topological polar surface area (TPSA) is 114 Å². The molecule has 0 amide bonds. The van der Waals surface area contributed by atoms with Crippen LogP contribution in [0.3, 0.4) is 0 Å². The van der Waals surface area contributed by atoms with E-state index in [2.05, 4.69) is 14.1 Å². The number of esters is 2. The van der Waals surface area contributed by atoms with Crippen LogP contribution in [-0.4, -0.2) is 54.0 Å². The lowest BCUT2D eigenvalue weighted by molar-refractivity contribution is -0.777. The monoisotopic (exact) mass is 511 g/mol. The van der Waals surface area contributed by atoms with Gasteiger partial charge >= 0.3 is 29.0 Å². The van der Waals surface area contributed by atoms with Gasteiger partial charge in [0.25, 0.3) is 0 Å². The normalized spacial score (nSPS) is 31.5. The van der Waals surface area contributed by atoms with Gasteiger partial charge in [-0.1, -0.05) is 0 Å². The molecule has 0 heterocycles. The van der Waals surface area contributed by atoms with E-state index in [0.717, 1.165) is 32.1 Å². The largest absolute Gasteiger partial charge is 0.691 e. The average Bonchev–Trinajstić information content (AvgIpc) is 2.68. The zero-order chi connectivity index (χ0) is 24.7. The summed E-state index contributed by atoms with van der Waals surface area (Å²) in [6.45, 7) is -1.68. The summed E-state index contributed by atoms with van der Waals surface area (Å²) in [5, 5.41) is 22.2. The molecule has 4 aliphatic carbocycles. The predicted molar refractivity (Wildman–Crippen MR) is 93.2 cm³/mol. The first-order valence-electron chi connectivity index (χ1n) is 9.93. The Labute approximate surface area is 187 Å². The molecule has 33 heavy (non-hydrogen) atoms. The van der Waals surface area contributed by atoms with Gasteiger partial charge in [0.05, 0.1) is 18.6 Å². The number of carbonyl (C=O) groups excluding carboxylic acids is 2. The van der Waals surface area contributed by atoms with Crippen LogP contribution in [0.15, 0.2) is 0 Å². The van der Waals surface area contributed by atoms with Crippen molar-refractivity contribution in [1.29, 1.82) is 0 Å². The Morgan fingerprint density at radius 3 is 2.00 bits per heavy atom. The van der Waals surface area contributed by atoms with E-state index in [1.54, 1.807) is 0 Å². The second-order valence-corrected chi connectivity index (χ2v) is 10.2. The maximum absolute atomic E-state index is 13.2. The van der Waals surface area contributed by atoms with E-state index in [4.69, 9.17) is 4.74 Å². The smallest absolute Gasteiger partial charge is 0.425 e. The van der Waals surface area contributed by atoms with Crippen molar-refractivity contribution in [1.82, 2.24) is 0 Å². The quantitative estimate of drug-likeness (QED) is 0.164. The van der Waals surface area contributed by atoms with Gasteiger partial charge in [0, 0.05) is 12.0 Å². The standard InChI is InChI=1S/C18H22F6O8S/c19-17(20,21)16(18(22,23)24,33-32-31-28)13(27)29-6-12(26)30-9-15-4-10-1-11(5-15)3-14(2-10,7-15)8-25/h10-11,25,28H,1-9H2/p-1. The van der Waals surface area contributed by atoms with Gasteiger partial charge < -0.3 is 19.8 Å². The molecule has 4 aliphatic rings. The van der Waals surface area contributed by atoms with E-state index in [0.29, 0.717) is 18.3 Å². The van der Waals surface area contributed by atoms with Crippen LogP contribution in [-0.2, 0) is 28.4 Å². The fourth-order valence-electron chi connectivity index (χ4n) is 6.09. The molecule has 4 rings (SSSR count). The number of ether oxygens (including phenoxy) is 2. The first-order chi connectivity index (χ1) is 15.2. The van der Waals surface area contributed by atoms with Gasteiger partial charge in [-0.25, -0.2) is 9.59 Å². The fourth-order valence-corrected chi connectivity index (χ4v) is 6.54. The summed E-state index contributed by atoms with van der Waals surface area (Å²) in [5.74, 6) is -3.57. The Kier molecular flexibility index (Phi) is 7.22. The highest BCUT2D eigenvalue weighted by molar-refractivity contribution is 7.96. The molecule has 2 unspecified atom stereocenters. The summed E-state index contributed by atoms with van der Waals surface area (Å²) in [5.41, 5.74) is -0.716. The lowest BCUT2D eigenvalue weighted by Crippen LogP contribution is -2.60. The van der Waals surface area contributed by atoms with Crippen LogP contribution < -0.4 is 5.26 Å². The Bertz CT molecular complexity index is 729. The number of carbonyl (C=O) groups is 2. The Morgan fingerprint density at radius 2 is 1.52 bits per heavy atom. The van der Waals surface area contributed by atoms with E-state index in [9.17, 15) is 46.3 Å². The molecule has 4 bridgehead atoms. The molecule has 0 saturated heterocycles. The lowest BCUT2D eigenvalue weighted by Gasteiger charge is -2.61. The SMILES string of the molecule is O=C(COC(=O)C(SOO[O-])(C(F)(F)F)C(F)(F)F)OCC12CC3CC(CC(CO)(C3)C1)C2. The molecular weight excluding hydrogens is 490 g/mol. The van der Waals surface area contributed by atoms with Gasteiger partial charge in [-0.3, -0.25) is 5.04 Å². The molecule has 4 saturated carbocycles. The van der Waals surface area contributed by atoms with Crippen molar-refractivity contribution in [2.45, 2.75) is 55.6 Å². The molecule has 1 N–H and O–H groups in total. The number of aliphatic hydroxyl groups excluding tert-OH is 1. The molecule has 8 nitrogen and oxygen atoms in total. The third kappa shape index (κ3) is 4.92. The van der Waals surface area contributed by atoms with Crippen molar-refractivity contribution in [3.8, 4) is 0 Å². The molecule has 2 atom stereocenters. The van der Waals surface area contributed by atoms with Crippen LogP contribution in [0.25, 0.3) is 0 Å². The summed E-state index contributed by atoms with van der Waals surface area (Å²) in [6, 6.07) is 0. The van der Waals surface area contributed by atoms with Crippen molar-refractivity contribution < 1.29 is 65.1 Å². The molecule has 190 valence electrons. The minimum atomic E-state index is -6.31. The molecule has 0 spiro atoms. The number of hydrogen-bond acceptors (Lipinski definition) is 9. The minimum Gasteiger partial charge on any atom is -0.691 e. The highest BCUT2D eigenvalue weighted by Crippen LogP contribution is 2.65. The summed E-state index contributed by atoms with van der Waals surface area (Å²) in [6.07, 6.45) is -7.86. The number of hydrogen-bond donors (Lipinski definition) is 1. The van der Waals surface area contributed by atoms with Crippen molar-refractivity contribution in [2.24, 2.45) is 22.7 Å². The lowest BCUT2D eigenvalue weighted by atomic mass is 9.44. The maximum atomic E-state index is 13.2. The van der Waals surface area contributed by atoms with Gasteiger partial charge in [-0.2, -0.15) is 30.7 Å². The Hall–Kier alpha value is -1.29. The zero-order valence-electron chi connectivity index (χ0n) is 17.0. The number of halogens is 6. The van der Waals surface area contributed by atoms with E-state index >= 15 is 0 Å². The molecule has 0 aromatic heterocycles. The van der Waals surface area contributed by atoms with E-state index < -0.39 is 53.1 Å². The van der Waals surface area contributed by atoms with Crippen LogP contribution in [0, 0.1) is 22.7 Å². The molecular formula is C18H21F6O8S-. The van der Waals surface area contributed by atoms with Crippen LogP contribution in [0.1, 0.15) is 38.5 Å². The third-order valence-corrected chi connectivity index (χ3v) is 7.78. The second-order valence-electron chi connectivity index (χ2n) is 9.25. The number of alkyl halides is 6. The number of rotatable bonds is 9. The minimum absolute atomic E-state index is 0.0168. The summed E-state index contributed by atoms with van der Waals surface area (Å²) < 4.78 is 86.1. The molecule has 0 aromatic rings. The predicted octanol–water partition coefficient (Wildman–Crippen LogP) is 2.39. The second kappa shape index (κ2) is 9.06. The third-order valence-electron chi connectivity index (χ3n) is 6.77. The summed E-state index contributed by atoms with van der Waals surface area (Å²) >= 11 is -1.64. The van der Waals surface area contributed by atoms with E-state index in [1.807, 2.05) is 0 Å². The first kappa shape index (κ1) is 26.3. The van der Waals surface area contributed by atoms with E-state index in [-0.39, 0.29) is 18.6 Å². The first-order valence-corrected chi connectivity index (χ1v) is 10.7. The highest BCUT2D eigenvalue weighted by atomic mass is 32.2. The van der Waals surface area contributed by atoms with Crippen molar-refractivity contribution in [2.75, 3.05) is 19.8 Å². The van der Waals surface area contributed by atoms with Gasteiger partial charge in [0.2, 0.25) is 0 Å². The van der Waals surface area contributed by atoms with Gasteiger partial charge in [0.1, 0.15) is 0 Å². The molecule has 0 aliphatic heterocycles. The van der Waals surface area contributed by atoms with Crippen LogP contribution in [0.2, 0.25) is 0 Å². The molecule has 15 heteroatoms. The maximum Gasteiger partial charge on any atom is 0.425 e. The molecule has 0 aromatic carbocycles. The van der Waals surface area contributed by atoms with Crippen molar-refractivity contribution in [3.05, 3.63) is 0 Å². The van der Waals surface area contributed by atoms with Crippen molar-refractivity contribution >= 4 is 24.0 Å². The average molecular weight is 511 g/mol.